The lowest BCUT2D eigenvalue weighted by atomic mass is 9.81. The van der Waals surface area contributed by atoms with Gasteiger partial charge in [-0.3, -0.25) is 0 Å². The maximum absolute atomic E-state index is 13.1. The van der Waals surface area contributed by atoms with Gasteiger partial charge in [-0.15, -0.1) is 0 Å². The molecule has 0 radical (unpaired) electrons. The van der Waals surface area contributed by atoms with Gasteiger partial charge in [-0.2, -0.15) is 0 Å². The normalized spacial score (nSPS) is 21.0. The van der Waals surface area contributed by atoms with E-state index in [1.807, 2.05) is 36.4 Å². The zero-order chi connectivity index (χ0) is 16.1. The van der Waals surface area contributed by atoms with Gasteiger partial charge in [-0.1, -0.05) is 12.1 Å². The number of benzene rings is 2. The van der Waals surface area contributed by atoms with Crippen molar-refractivity contribution in [2.75, 3.05) is 26.8 Å². The number of ether oxygens (including phenoxy) is 2. The summed E-state index contributed by atoms with van der Waals surface area (Å²) in [5, 5.41) is 3.43. The van der Waals surface area contributed by atoms with Crippen molar-refractivity contribution in [3.05, 3.63) is 59.9 Å². The largest absolute Gasteiger partial charge is 0.497 e. The Labute approximate surface area is 136 Å². The predicted octanol–water partition coefficient (Wildman–Crippen LogP) is 3.61. The Morgan fingerprint density at radius 1 is 1.04 bits per heavy atom. The average Bonchev–Trinajstić information content (AvgIpc) is 2.61. The van der Waals surface area contributed by atoms with Crippen LogP contribution in [0.5, 0.6) is 11.5 Å². The highest BCUT2D eigenvalue weighted by atomic mass is 19.1. The van der Waals surface area contributed by atoms with Gasteiger partial charge in [0, 0.05) is 12.5 Å². The van der Waals surface area contributed by atoms with Crippen LogP contribution in [0.2, 0.25) is 0 Å². The van der Waals surface area contributed by atoms with E-state index in [4.69, 9.17) is 9.47 Å². The maximum Gasteiger partial charge on any atom is 0.123 e. The van der Waals surface area contributed by atoms with E-state index in [9.17, 15) is 4.39 Å². The number of piperidine rings is 1. The Bertz CT molecular complexity index is 612. The van der Waals surface area contributed by atoms with E-state index in [-0.39, 0.29) is 5.82 Å². The van der Waals surface area contributed by atoms with Crippen LogP contribution in [0.3, 0.4) is 0 Å². The molecule has 1 saturated heterocycles. The van der Waals surface area contributed by atoms with Crippen LogP contribution >= 0.6 is 0 Å². The van der Waals surface area contributed by atoms with Crippen LogP contribution in [0.25, 0.3) is 0 Å². The summed E-state index contributed by atoms with van der Waals surface area (Å²) in [6.07, 6.45) is 1.04. The highest BCUT2D eigenvalue weighted by Gasteiger charge is 2.27. The van der Waals surface area contributed by atoms with Crippen LogP contribution in [0.1, 0.15) is 17.9 Å². The smallest absolute Gasteiger partial charge is 0.123 e. The first-order valence-electron chi connectivity index (χ1n) is 7.99. The van der Waals surface area contributed by atoms with Crippen molar-refractivity contribution in [3.8, 4) is 11.5 Å². The molecule has 2 aromatic rings. The van der Waals surface area contributed by atoms with Crippen LogP contribution < -0.4 is 14.8 Å². The Morgan fingerprint density at radius 3 is 2.43 bits per heavy atom. The molecule has 1 aliphatic rings. The van der Waals surface area contributed by atoms with Gasteiger partial charge in [0.15, 0.2) is 0 Å². The van der Waals surface area contributed by atoms with Crippen molar-refractivity contribution in [1.29, 1.82) is 0 Å². The van der Waals surface area contributed by atoms with Crippen molar-refractivity contribution in [3.63, 3.8) is 0 Å². The molecule has 2 aromatic carbocycles. The van der Waals surface area contributed by atoms with Gasteiger partial charge >= 0.3 is 0 Å². The summed E-state index contributed by atoms with van der Waals surface area (Å²) in [6.45, 7) is 2.54. The highest BCUT2D eigenvalue weighted by Crippen LogP contribution is 2.31. The molecule has 23 heavy (non-hydrogen) atoms. The molecule has 0 unspecified atom stereocenters. The van der Waals surface area contributed by atoms with Gasteiger partial charge in [-0.25, -0.2) is 4.39 Å². The molecule has 1 N–H and O–H groups in total. The molecule has 4 heteroatoms. The molecule has 1 fully saturated rings. The van der Waals surface area contributed by atoms with Crippen molar-refractivity contribution in [2.45, 2.75) is 12.3 Å². The second-order valence-electron chi connectivity index (χ2n) is 5.90. The zero-order valence-corrected chi connectivity index (χ0v) is 13.3. The SMILES string of the molecule is COc1ccc(OC[C@@H]2CNCC[C@H]2c2ccc(F)cc2)cc1. The topological polar surface area (TPSA) is 30.5 Å². The fraction of sp³-hybridized carbons (Fsp3) is 0.368. The van der Waals surface area contributed by atoms with Crippen LogP contribution in [0.4, 0.5) is 4.39 Å². The summed E-state index contributed by atoms with van der Waals surface area (Å²) >= 11 is 0. The minimum absolute atomic E-state index is 0.186. The molecule has 0 saturated carbocycles. The number of methoxy groups -OCH3 is 1. The molecule has 0 aromatic heterocycles. The number of hydrogen-bond acceptors (Lipinski definition) is 3. The van der Waals surface area contributed by atoms with Crippen molar-refractivity contribution in [1.82, 2.24) is 5.32 Å². The van der Waals surface area contributed by atoms with Crippen molar-refractivity contribution in [2.24, 2.45) is 5.92 Å². The maximum atomic E-state index is 13.1. The molecular weight excluding hydrogens is 293 g/mol. The lowest BCUT2D eigenvalue weighted by Crippen LogP contribution is -2.38. The molecule has 2 atom stereocenters. The van der Waals surface area contributed by atoms with E-state index >= 15 is 0 Å². The van der Waals surface area contributed by atoms with E-state index in [0.717, 1.165) is 31.0 Å². The van der Waals surface area contributed by atoms with E-state index in [2.05, 4.69) is 5.32 Å². The standard InChI is InChI=1S/C19H22FNO2/c1-22-17-6-8-18(9-7-17)23-13-15-12-21-11-10-19(15)14-2-4-16(20)5-3-14/h2-9,15,19,21H,10-13H2,1H3/t15-,19-/m0/s1. The summed E-state index contributed by atoms with van der Waals surface area (Å²) in [4.78, 5) is 0. The third-order valence-electron chi connectivity index (χ3n) is 4.43. The molecule has 0 aliphatic carbocycles. The molecule has 122 valence electrons. The molecule has 1 heterocycles. The summed E-state index contributed by atoms with van der Waals surface area (Å²) in [6, 6.07) is 14.5. The Kier molecular flexibility index (Phi) is 5.13. The number of hydrogen-bond donors (Lipinski definition) is 1. The predicted molar refractivity (Wildman–Crippen MR) is 88.6 cm³/mol. The molecule has 1 aliphatic heterocycles. The molecule has 0 bridgehead atoms. The summed E-state index contributed by atoms with van der Waals surface area (Å²) in [7, 11) is 1.65. The highest BCUT2D eigenvalue weighted by molar-refractivity contribution is 5.31. The van der Waals surface area contributed by atoms with Crippen LogP contribution in [-0.4, -0.2) is 26.8 Å². The summed E-state index contributed by atoms with van der Waals surface area (Å²) in [5.74, 6) is 2.25. The molecule has 3 rings (SSSR count). The second-order valence-corrected chi connectivity index (χ2v) is 5.90. The molecule has 3 nitrogen and oxygen atoms in total. The number of rotatable bonds is 5. The van der Waals surface area contributed by atoms with Crippen LogP contribution in [-0.2, 0) is 0 Å². The Hall–Kier alpha value is -2.07. The number of halogens is 1. The first-order valence-corrected chi connectivity index (χ1v) is 7.99. The van der Waals surface area contributed by atoms with Gasteiger partial charge in [0.2, 0.25) is 0 Å². The van der Waals surface area contributed by atoms with Crippen LogP contribution in [0.15, 0.2) is 48.5 Å². The van der Waals surface area contributed by atoms with E-state index < -0.39 is 0 Å². The van der Waals surface area contributed by atoms with Crippen LogP contribution in [0, 0.1) is 11.7 Å². The quantitative estimate of drug-likeness (QED) is 0.914. The Morgan fingerprint density at radius 2 is 1.74 bits per heavy atom. The average molecular weight is 315 g/mol. The zero-order valence-electron chi connectivity index (χ0n) is 13.3. The number of nitrogens with one attached hydrogen (secondary N) is 1. The molecule has 0 amide bonds. The fourth-order valence-corrected chi connectivity index (χ4v) is 3.12. The van der Waals surface area contributed by atoms with Gasteiger partial charge < -0.3 is 14.8 Å². The summed E-state index contributed by atoms with van der Waals surface area (Å²) in [5.41, 5.74) is 1.19. The van der Waals surface area contributed by atoms with Crippen molar-refractivity contribution >= 4 is 0 Å². The van der Waals surface area contributed by atoms with Crippen molar-refractivity contribution < 1.29 is 13.9 Å². The van der Waals surface area contributed by atoms with E-state index in [1.165, 1.54) is 5.56 Å². The third-order valence-corrected chi connectivity index (χ3v) is 4.43. The monoisotopic (exact) mass is 315 g/mol. The van der Waals surface area contributed by atoms with Gasteiger partial charge in [0.1, 0.15) is 17.3 Å². The molecule has 0 spiro atoms. The second kappa shape index (κ2) is 7.47. The first kappa shape index (κ1) is 15.8. The van der Waals surface area contributed by atoms with Gasteiger partial charge in [-0.05, 0) is 60.8 Å². The lowest BCUT2D eigenvalue weighted by molar-refractivity contribution is 0.197. The summed E-state index contributed by atoms with van der Waals surface area (Å²) < 4.78 is 24.2. The van der Waals surface area contributed by atoms with Gasteiger partial charge in [0.25, 0.3) is 0 Å². The minimum atomic E-state index is -0.186. The molecular formula is C19H22FNO2. The van der Waals surface area contributed by atoms with E-state index in [1.54, 1.807) is 19.2 Å². The van der Waals surface area contributed by atoms with E-state index in [0.29, 0.717) is 18.4 Å². The first-order chi connectivity index (χ1) is 11.3. The Balaban J connectivity index is 1.65. The fourth-order valence-electron chi connectivity index (χ4n) is 3.12. The lowest BCUT2D eigenvalue weighted by Gasteiger charge is -2.32. The van der Waals surface area contributed by atoms with Gasteiger partial charge in [0.05, 0.1) is 13.7 Å². The third kappa shape index (κ3) is 4.02. The minimum Gasteiger partial charge on any atom is -0.497 e.